The third kappa shape index (κ3) is 2.32. The molecule has 3 nitrogen and oxygen atoms in total. The molecule has 0 N–H and O–H groups in total. The van der Waals surface area contributed by atoms with E-state index in [0.717, 1.165) is 17.9 Å². The van der Waals surface area contributed by atoms with E-state index >= 15 is 0 Å². The Kier molecular flexibility index (Phi) is 3.39. The van der Waals surface area contributed by atoms with E-state index in [1.165, 1.54) is 64.0 Å². The van der Waals surface area contributed by atoms with E-state index < -0.39 is 0 Å². The van der Waals surface area contributed by atoms with E-state index in [2.05, 4.69) is 26.9 Å². The molecule has 2 saturated carbocycles. The average Bonchev–Trinajstić information content (AvgIpc) is 2.90. The van der Waals surface area contributed by atoms with Crippen molar-refractivity contribution in [2.45, 2.75) is 38.1 Å². The number of rotatable bonds is 2. The predicted molar refractivity (Wildman–Crippen MR) is 81.9 cm³/mol. The van der Waals surface area contributed by atoms with Gasteiger partial charge in [-0.25, -0.2) is 0 Å². The molecule has 0 aromatic carbocycles. The van der Waals surface area contributed by atoms with Crippen LogP contribution in [0.3, 0.4) is 0 Å². The Morgan fingerprint density at radius 2 is 1.65 bits per heavy atom. The molecule has 2 aliphatic carbocycles. The van der Waals surface area contributed by atoms with E-state index in [0.29, 0.717) is 0 Å². The lowest BCUT2D eigenvalue weighted by Crippen LogP contribution is -2.52. The standard InChI is InChI=1S/C17H25N3/c1-3-15-13-14(1)2-4-17(15)20-11-9-19(10-12-20)16-5-7-18-8-6-16/h5-8,14-15,17H,1-4,9-13H2/t14-,15+,17-/m1/s1. The lowest BCUT2D eigenvalue weighted by Gasteiger charge is -2.44. The fraction of sp³-hybridized carbons (Fsp3) is 0.706. The summed E-state index contributed by atoms with van der Waals surface area (Å²) in [5.41, 5.74) is 1.34. The Bertz CT molecular complexity index is 439. The summed E-state index contributed by atoms with van der Waals surface area (Å²) in [4.78, 5) is 9.43. The molecular formula is C17H25N3. The van der Waals surface area contributed by atoms with Gasteiger partial charge in [0, 0.05) is 50.3 Å². The fourth-order valence-corrected chi connectivity index (χ4v) is 4.71. The first kappa shape index (κ1) is 12.6. The monoisotopic (exact) mass is 271 g/mol. The maximum Gasteiger partial charge on any atom is 0.0397 e. The van der Waals surface area contributed by atoms with Crippen LogP contribution in [0.2, 0.25) is 0 Å². The first-order chi connectivity index (χ1) is 9.90. The summed E-state index contributed by atoms with van der Waals surface area (Å²) in [7, 11) is 0. The molecule has 0 radical (unpaired) electrons. The maximum atomic E-state index is 4.12. The van der Waals surface area contributed by atoms with Gasteiger partial charge < -0.3 is 4.90 Å². The molecule has 3 heteroatoms. The van der Waals surface area contributed by atoms with Crippen molar-refractivity contribution in [2.75, 3.05) is 31.1 Å². The Hall–Kier alpha value is -1.09. The smallest absolute Gasteiger partial charge is 0.0397 e. The molecule has 2 heterocycles. The van der Waals surface area contributed by atoms with Gasteiger partial charge in [0.1, 0.15) is 0 Å². The first-order valence-corrected chi connectivity index (χ1v) is 8.29. The van der Waals surface area contributed by atoms with Crippen molar-refractivity contribution < 1.29 is 0 Å². The maximum absolute atomic E-state index is 4.12. The van der Waals surface area contributed by atoms with Gasteiger partial charge >= 0.3 is 0 Å². The summed E-state index contributed by atoms with van der Waals surface area (Å²) in [5, 5.41) is 0. The Labute approximate surface area is 122 Å². The molecule has 20 heavy (non-hydrogen) atoms. The molecule has 2 bridgehead atoms. The van der Waals surface area contributed by atoms with Crippen LogP contribution in [0, 0.1) is 11.8 Å². The summed E-state index contributed by atoms with van der Waals surface area (Å²) in [6.07, 6.45) is 11.3. The van der Waals surface area contributed by atoms with Gasteiger partial charge in [-0.15, -0.1) is 0 Å². The van der Waals surface area contributed by atoms with E-state index in [4.69, 9.17) is 0 Å². The molecule has 3 fully saturated rings. The van der Waals surface area contributed by atoms with E-state index in [-0.39, 0.29) is 0 Å². The Morgan fingerprint density at radius 3 is 2.45 bits per heavy atom. The largest absolute Gasteiger partial charge is 0.369 e. The van der Waals surface area contributed by atoms with Crippen LogP contribution in [-0.4, -0.2) is 42.1 Å². The number of nitrogens with zero attached hydrogens (tertiary/aromatic N) is 3. The lowest BCUT2D eigenvalue weighted by molar-refractivity contribution is 0.103. The molecule has 1 aromatic heterocycles. The van der Waals surface area contributed by atoms with Crippen molar-refractivity contribution in [2.24, 2.45) is 11.8 Å². The topological polar surface area (TPSA) is 19.4 Å². The molecule has 4 rings (SSSR count). The van der Waals surface area contributed by atoms with Gasteiger partial charge in [-0.3, -0.25) is 9.88 Å². The van der Waals surface area contributed by atoms with Crippen LogP contribution >= 0.6 is 0 Å². The van der Waals surface area contributed by atoms with Crippen molar-refractivity contribution in [1.29, 1.82) is 0 Å². The molecule has 3 atom stereocenters. The highest BCUT2D eigenvalue weighted by molar-refractivity contribution is 5.44. The quantitative estimate of drug-likeness (QED) is 0.824. The van der Waals surface area contributed by atoms with Gasteiger partial charge in [0.25, 0.3) is 0 Å². The number of anilines is 1. The minimum Gasteiger partial charge on any atom is -0.369 e. The van der Waals surface area contributed by atoms with Crippen molar-refractivity contribution in [1.82, 2.24) is 9.88 Å². The van der Waals surface area contributed by atoms with E-state index in [1.807, 2.05) is 12.4 Å². The molecule has 3 aliphatic rings. The Balaban J connectivity index is 1.37. The number of aromatic nitrogens is 1. The summed E-state index contributed by atoms with van der Waals surface area (Å²) in [6, 6.07) is 5.17. The van der Waals surface area contributed by atoms with Crippen LogP contribution in [0.5, 0.6) is 0 Å². The second-order valence-corrected chi connectivity index (χ2v) is 6.81. The second kappa shape index (κ2) is 5.36. The van der Waals surface area contributed by atoms with Crippen LogP contribution in [0.1, 0.15) is 32.1 Å². The average molecular weight is 271 g/mol. The van der Waals surface area contributed by atoms with Crippen molar-refractivity contribution >= 4 is 5.69 Å². The highest BCUT2D eigenvalue weighted by Crippen LogP contribution is 2.44. The van der Waals surface area contributed by atoms with Crippen LogP contribution < -0.4 is 4.90 Å². The van der Waals surface area contributed by atoms with Crippen molar-refractivity contribution in [3.63, 3.8) is 0 Å². The number of pyridine rings is 1. The molecule has 108 valence electrons. The SMILES string of the molecule is c1cc(N2CCN([C@@H]3CC[C@H]4CC[C@H]3C4)CC2)ccn1. The zero-order valence-electron chi connectivity index (χ0n) is 12.2. The number of fused-ring (bicyclic) bond motifs is 2. The van der Waals surface area contributed by atoms with Crippen molar-refractivity contribution in [3.8, 4) is 0 Å². The van der Waals surface area contributed by atoms with Crippen LogP contribution in [0.15, 0.2) is 24.5 Å². The third-order valence-electron chi connectivity index (χ3n) is 5.81. The second-order valence-electron chi connectivity index (χ2n) is 6.81. The van der Waals surface area contributed by atoms with Gasteiger partial charge in [0.05, 0.1) is 0 Å². The minimum absolute atomic E-state index is 0.897. The lowest BCUT2D eigenvalue weighted by atomic mass is 9.84. The van der Waals surface area contributed by atoms with Gasteiger partial charge in [-0.1, -0.05) is 6.42 Å². The van der Waals surface area contributed by atoms with Gasteiger partial charge in [-0.05, 0) is 49.7 Å². The van der Waals surface area contributed by atoms with Crippen LogP contribution in [0.25, 0.3) is 0 Å². The number of hydrogen-bond donors (Lipinski definition) is 0. The molecule has 0 amide bonds. The molecule has 1 saturated heterocycles. The summed E-state index contributed by atoms with van der Waals surface area (Å²) >= 11 is 0. The normalized spacial score (nSPS) is 34.4. The van der Waals surface area contributed by atoms with E-state index in [1.54, 1.807) is 0 Å². The molecule has 0 spiro atoms. The minimum atomic E-state index is 0.897. The molecule has 1 aliphatic heterocycles. The highest BCUT2D eigenvalue weighted by Gasteiger charge is 2.39. The summed E-state index contributed by atoms with van der Waals surface area (Å²) in [5.74, 6) is 2.09. The summed E-state index contributed by atoms with van der Waals surface area (Å²) in [6.45, 7) is 4.84. The number of piperazine rings is 1. The molecule has 1 aromatic rings. The molecule has 0 unspecified atom stereocenters. The molecular weight excluding hydrogens is 246 g/mol. The zero-order valence-corrected chi connectivity index (χ0v) is 12.2. The van der Waals surface area contributed by atoms with Crippen LogP contribution in [-0.2, 0) is 0 Å². The zero-order chi connectivity index (χ0) is 13.4. The van der Waals surface area contributed by atoms with Crippen LogP contribution in [0.4, 0.5) is 5.69 Å². The first-order valence-electron chi connectivity index (χ1n) is 8.29. The highest BCUT2D eigenvalue weighted by atomic mass is 15.3. The van der Waals surface area contributed by atoms with Gasteiger partial charge in [0.2, 0.25) is 0 Å². The summed E-state index contributed by atoms with van der Waals surface area (Å²) < 4.78 is 0. The third-order valence-corrected chi connectivity index (χ3v) is 5.81. The predicted octanol–water partition coefficient (Wildman–Crippen LogP) is 2.78. The van der Waals surface area contributed by atoms with Gasteiger partial charge in [0.15, 0.2) is 0 Å². The number of hydrogen-bond acceptors (Lipinski definition) is 3. The van der Waals surface area contributed by atoms with Crippen molar-refractivity contribution in [3.05, 3.63) is 24.5 Å². The Morgan fingerprint density at radius 1 is 0.900 bits per heavy atom. The van der Waals surface area contributed by atoms with Gasteiger partial charge in [-0.2, -0.15) is 0 Å². The van der Waals surface area contributed by atoms with E-state index in [9.17, 15) is 0 Å². The fourth-order valence-electron chi connectivity index (χ4n) is 4.71.